The molecular weight excluding hydrogens is 295 g/mol. The fraction of sp³-hybridized carbons (Fsp3) is 0.188. The lowest BCUT2D eigenvalue weighted by Gasteiger charge is -2.10. The first-order valence-corrected chi connectivity index (χ1v) is 6.61. The van der Waals surface area contributed by atoms with Crippen LogP contribution in [0.1, 0.15) is 22.8 Å². The van der Waals surface area contributed by atoms with Gasteiger partial charge in [-0.05, 0) is 43.3 Å². The average Bonchev–Trinajstić information content (AvgIpc) is 2.47. The van der Waals surface area contributed by atoms with Crippen molar-refractivity contribution >= 4 is 11.6 Å². The number of halogens is 3. The molecule has 2 rings (SSSR count). The molecule has 0 unspecified atom stereocenters. The first-order valence-electron chi connectivity index (χ1n) is 6.61. The molecule has 0 heterocycles. The van der Waals surface area contributed by atoms with Crippen molar-refractivity contribution in [2.45, 2.75) is 13.1 Å². The van der Waals surface area contributed by atoms with Crippen LogP contribution < -0.4 is 10.1 Å². The zero-order valence-electron chi connectivity index (χ0n) is 11.8. The van der Waals surface area contributed by atoms with Crippen LogP contribution in [0.4, 0.5) is 18.9 Å². The van der Waals surface area contributed by atoms with Crippen LogP contribution in [0.2, 0.25) is 0 Å². The van der Waals surface area contributed by atoms with Crippen molar-refractivity contribution in [3.05, 3.63) is 59.7 Å². The highest BCUT2D eigenvalue weighted by Gasteiger charge is 2.30. The van der Waals surface area contributed by atoms with Crippen molar-refractivity contribution in [1.29, 1.82) is 0 Å². The van der Waals surface area contributed by atoms with Gasteiger partial charge in [-0.1, -0.05) is 12.1 Å². The van der Waals surface area contributed by atoms with Gasteiger partial charge in [-0.25, -0.2) is 0 Å². The molecule has 2 aromatic rings. The van der Waals surface area contributed by atoms with Gasteiger partial charge in [0.1, 0.15) is 5.75 Å². The number of hydrogen-bond donors (Lipinski definition) is 1. The number of ether oxygens (including phenoxy) is 1. The Kier molecular flexibility index (Phi) is 4.70. The average molecular weight is 309 g/mol. The van der Waals surface area contributed by atoms with Crippen molar-refractivity contribution in [2.24, 2.45) is 0 Å². The van der Waals surface area contributed by atoms with Gasteiger partial charge in [0.15, 0.2) is 0 Å². The van der Waals surface area contributed by atoms with Gasteiger partial charge in [0.05, 0.1) is 12.2 Å². The molecule has 22 heavy (non-hydrogen) atoms. The largest absolute Gasteiger partial charge is 0.494 e. The molecule has 0 aliphatic rings. The van der Waals surface area contributed by atoms with Crippen LogP contribution in [-0.4, -0.2) is 12.5 Å². The van der Waals surface area contributed by atoms with E-state index in [4.69, 9.17) is 4.74 Å². The normalized spacial score (nSPS) is 11.1. The van der Waals surface area contributed by atoms with E-state index in [1.807, 2.05) is 6.92 Å². The van der Waals surface area contributed by atoms with Crippen LogP contribution in [0.3, 0.4) is 0 Å². The molecule has 0 aliphatic carbocycles. The van der Waals surface area contributed by atoms with E-state index in [9.17, 15) is 18.0 Å². The van der Waals surface area contributed by atoms with E-state index in [0.29, 0.717) is 17.9 Å². The van der Waals surface area contributed by atoms with Crippen LogP contribution in [-0.2, 0) is 6.18 Å². The number of benzene rings is 2. The molecule has 0 atom stereocenters. The molecule has 3 nitrogen and oxygen atoms in total. The molecular formula is C16H14F3NO2. The third-order valence-electron chi connectivity index (χ3n) is 2.85. The van der Waals surface area contributed by atoms with Crippen molar-refractivity contribution in [3.63, 3.8) is 0 Å². The first kappa shape index (κ1) is 15.9. The van der Waals surface area contributed by atoms with E-state index in [2.05, 4.69) is 5.32 Å². The quantitative estimate of drug-likeness (QED) is 0.911. The van der Waals surface area contributed by atoms with E-state index in [-0.39, 0.29) is 5.69 Å². The molecule has 0 saturated carbocycles. The van der Waals surface area contributed by atoms with Gasteiger partial charge in [-0.15, -0.1) is 0 Å². The third-order valence-corrected chi connectivity index (χ3v) is 2.85. The lowest BCUT2D eigenvalue weighted by molar-refractivity contribution is -0.137. The molecule has 1 N–H and O–H groups in total. The first-order chi connectivity index (χ1) is 10.4. The van der Waals surface area contributed by atoms with Gasteiger partial charge >= 0.3 is 6.18 Å². The topological polar surface area (TPSA) is 38.3 Å². The maximum atomic E-state index is 12.6. The summed E-state index contributed by atoms with van der Waals surface area (Å²) in [6, 6.07) is 10.9. The molecule has 6 heteroatoms. The van der Waals surface area contributed by atoms with Gasteiger partial charge in [0.25, 0.3) is 5.91 Å². The molecule has 2 aromatic carbocycles. The predicted molar refractivity (Wildman–Crippen MR) is 77.0 cm³/mol. The summed E-state index contributed by atoms with van der Waals surface area (Å²) in [6.07, 6.45) is -4.45. The summed E-state index contributed by atoms with van der Waals surface area (Å²) in [5.41, 5.74) is -0.418. The number of alkyl halides is 3. The smallest absolute Gasteiger partial charge is 0.416 e. The lowest BCUT2D eigenvalue weighted by Crippen LogP contribution is -2.13. The molecule has 0 bridgehead atoms. The van der Waals surface area contributed by atoms with Gasteiger partial charge in [0.2, 0.25) is 0 Å². The molecule has 0 spiro atoms. The van der Waals surface area contributed by atoms with Gasteiger partial charge < -0.3 is 10.1 Å². The molecule has 116 valence electrons. The number of nitrogens with one attached hydrogen (secondary N) is 1. The highest BCUT2D eigenvalue weighted by Crippen LogP contribution is 2.30. The number of carbonyl (C=O) groups excluding carboxylic acids is 1. The van der Waals surface area contributed by atoms with Crippen LogP contribution in [0.25, 0.3) is 0 Å². The zero-order chi connectivity index (χ0) is 16.2. The Hall–Kier alpha value is -2.50. The SMILES string of the molecule is CCOc1cccc(C(=O)Nc2cccc(C(F)(F)F)c2)c1. The Morgan fingerprint density at radius 1 is 1.14 bits per heavy atom. The summed E-state index contributed by atoms with van der Waals surface area (Å²) < 4.78 is 43.2. The summed E-state index contributed by atoms with van der Waals surface area (Å²) in [5, 5.41) is 2.45. The van der Waals surface area contributed by atoms with Crippen molar-refractivity contribution in [1.82, 2.24) is 0 Å². The third kappa shape index (κ3) is 4.00. The zero-order valence-corrected chi connectivity index (χ0v) is 11.8. The molecule has 1 amide bonds. The lowest BCUT2D eigenvalue weighted by atomic mass is 10.1. The van der Waals surface area contributed by atoms with Gasteiger partial charge in [0, 0.05) is 11.3 Å². The molecule has 0 fully saturated rings. The number of rotatable bonds is 4. The number of anilines is 1. The number of carbonyl (C=O) groups is 1. The summed E-state index contributed by atoms with van der Waals surface area (Å²) in [5.74, 6) is 0.0278. The molecule has 0 saturated heterocycles. The summed E-state index contributed by atoms with van der Waals surface area (Å²) in [4.78, 5) is 12.1. The molecule has 0 radical (unpaired) electrons. The van der Waals surface area contributed by atoms with Crippen molar-refractivity contribution < 1.29 is 22.7 Å². The minimum atomic E-state index is -4.45. The van der Waals surface area contributed by atoms with E-state index < -0.39 is 17.6 Å². The Morgan fingerprint density at radius 3 is 2.55 bits per heavy atom. The Bertz CT molecular complexity index is 668. The Labute approximate surface area is 125 Å². The fourth-order valence-corrected chi connectivity index (χ4v) is 1.87. The second-order valence-electron chi connectivity index (χ2n) is 4.49. The number of hydrogen-bond acceptors (Lipinski definition) is 2. The minimum absolute atomic E-state index is 0.0848. The van der Waals surface area contributed by atoms with E-state index in [1.54, 1.807) is 18.2 Å². The standard InChI is InChI=1S/C16H14F3NO2/c1-2-22-14-8-3-5-11(9-14)15(21)20-13-7-4-6-12(10-13)16(17,18)19/h3-10H,2H2,1H3,(H,20,21). The monoisotopic (exact) mass is 309 g/mol. The Morgan fingerprint density at radius 2 is 1.86 bits per heavy atom. The summed E-state index contributed by atoms with van der Waals surface area (Å²) >= 11 is 0. The van der Waals surface area contributed by atoms with Crippen LogP contribution >= 0.6 is 0 Å². The second kappa shape index (κ2) is 6.51. The van der Waals surface area contributed by atoms with Crippen LogP contribution in [0.15, 0.2) is 48.5 Å². The maximum Gasteiger partial charge on any atom is 0.416 e. The highest BCUT2D eigenvalue weighted by molar-refractivity contribution is 6.04. The van der Waals surface area contributed by atoms with E-state index in [1.165, 1.54) is 18.2 Å². The fourth-order valence-electron chi connectivity index (χ4n) is 1.87. The van der Waals surface area contributed by atoms with Crippen LogP contribution in [0, 0.1) is 0 Å². The van der Waals surface area contributed by atoms with E-state index in [0.717, 1.165) is 12.1 Å². The maximum absolute atomic E-state index is 12.6. The van der Waals surface area contributed by atoms with Crippen molar-refractivity contribution in [3.8, 4) is 5.75 Å². The van der Waals surface area contributed by atoms with E-state index >= 15 is 0 Å². The predicted octanol–water partition coefficient (Wildman–Crippen LogP) is 4.36. The summed E-state index contributed by atoms with van der Waals surface area (Å²) in [7, 11) is 0. The second-order valence-corrected chi connectivity index (χ2v) is 4.49. The minimum Gasteiger partial charge on any atom is -0.494 e. The molecule has 0 aromatic heterocycles. The van der Waals surface area contributed by atoms with Crippen molar-refractivity contribution in [2.75, 3.05) is 11.9 Å². The number of amides is 1. The van der Waals surface area contributed by atoms with Crippen LogP contribution in [0.5, 0.6) is 5.75 Å². The van der Waals surface area contributed by atoms with Gasteiger partial charge in [-0.2, -0.15) is 13.2 Å². The summed E-state index contributed by atoms with van der Waals surface area (Å²) in [6.45, 7) is 2.27. The molecule has 0 aliphatic heterocycles. The Balaban J connectivity index is 2.17. The highest BCUT2D eigenvalue weighted by atomic mass is 19.4. The van der Waals surface area contributed by atoms with Gasteiger partial charge in [-0.3, -0.25) is 4.79 Å².